The van der Waals surface area contributed by atoms with Crippen LogP contribution < -0.4 is 5.32 Å². The third kappa shape index (κ3) is 3.12. The molecule has 0 saturated carbocycles. The van der Waals surface area contributed by atoms with Gasteiger partial charge in [-0.3, -0.25) is 4.68 Å². The van der Waals surface area contributed by atoms with Gasteiger partial charge in [0.2, 0.25) is 0 Å². The maximum atomic E-state index is 9.53. The van der Waals surface area contributed by atoms with Crippen molar-refractivity contribution in [2.24, 2.45) is 7.05 Å². The van der Waals surface area contributed by atoms with Gasteiger partial charge in [-0.15, -0.1) is 0 Å². The van der Waals surface area contributed by atoms with Crippen molar-refractivity contribution >= 4 is 0 Å². The van der Waals surface area contributed by atoms with Crippen molar-refractivity contribution in [3.05, 3.63) is 12.2 Å². The number of nitrogens with zero attached hydrogens (tertiary/aromatic N) is 3. The molecule has 0 radical (unpaired) electrons. The third-order valence-corrected chi connectivity index (χ3v) is 1.85. The van der Waals surface area contributed by atoms with Crippen LogP contribution in [-0.4, -0.2) is 39.1 Å². The summed E-state index contributed by atoms with van der Waals surface area (Å²) in [6.07, 6.45) is 1.65. The van der Waals surface area contributed by atoms with Crippen LogP contribution in [0.5, 0.6) is 0 Å². The van der Waals surface area contributed by atoms with Gasteiger partial charge in [0.15, 0.2) is 0 Å². The van der Waals surface area contributed by atoms with E-state index in [2.05, 4.69) is 15.4 Å². The largest absolute Gasteiger partial charge is 0.391 e. The molecule has 1 aromatic heterocycles. The van der Waals surface area contributed by atoms with Crippen LogP contribution in [0, 0.1) is 0 Å². The third-order valence-electron chi connectivity index (χ3n) is 1.85. The number of aliphatic hydroxyl groups is 1. The number of likely N-dealkylation sites (N-methyl/N-ethyl adjacent to an activating group) is 1. The number of rotatable bonds is 5. The van der Waals surface area contributed by atoms with Crippen molar-refractivity contribution in [3.63, 3.8) is 0 Å². The molecule has 0 aliphatic carbocycles. The van der Waals surface area contributed by atoms with Crippen LogP contribution in [0.2, 0.25) is 0 Å². The standard InChI is InChI=1S/C8H16N4O/c1-3-9-5-7(13)4-8-10-6-11-12(8)2/h6-7,9,13H,3-5H2,1-2H3. The molecule has 0 bridgehead atoms. The van der Waals surface area contributed by atoms with Crippen molar-refractivity contribution in [2.75, 3.05) is 13.1 Å². The molecule has 1 heterocycles. The minimum Gasteiger partial charge on any atom is -0.391 e. The van der Waals surface area contributed by atoms with Gasteiger partial charge < -0.3 is 10.4 Å². The topological polar surface area (TPSA) is 63.0 Å². The van der Waals surface area contributed by atoms with E-state index in [1.54, 1.807) is 4.68 Å². The van der Waals surface area contributed by atoms with Crippen molar-refractivity contribution in [1.29, 1.82) is 0 Å². The summed E-state index contributed by atoms with van der Waals surface area (Å²) in [4.78, 5) is 4.03. The second-order valence-corrected chi connectivity index (χ2v) is 2.97. The van der Waals surface area contributed by atoms with Gasteiger partial charge in [0.25, 0.3) is 0 Å². The lowest BCUT2D eigenvalue weighted by atomic mass is 10.2. The van der Waals surface area contributed by atoms with E-state index in [4.69, 9.17) is 0 Å². The molecule has 5 nitrogen and oxygen atoms in total. The lowest BCUT2D eigenvalue weighted by Crippen LogP contribution is -2.29. The monoisotopic (exact) mass is 184 g/mol. The highest BCUT2D eigenvalue weighted by molar-refractivity contribution is 4.86. The first-order chi connectivity index (χ1) is 6.24. The van der Waals surface area contributed by atoms with Crippen LogP contribution in [0.4, 0.5) is 0 Å². The quantitative estimate of drug-likeness (QED) is 0.637. The van der Waals surface area contributed by atoms with Gasteiger partial charge in [-0.25, -0.2) is 4.98 Å². The zero-order valence-corrected chi connectivity index (χ0v) is 8.06. The Morgan fingerprint density at radius 1 is 1.69 bits per heavy atom. The summed E-state index contributed by atoms with van der Waals surface area (Å²) >= 11 is 0. The number of nitrogens with one attached hydrogen (secondary N) is 1. The van der Waals surface area contributed by atoms with E-state index in [-0.39, 0.29) is 6.10 Å². The highest BCUT2D eigenvalue weighted by Crippen LogP contribution is 1.96. The summed E-state index contributed by atoms with van der Waals surface area (Å²) in [7, 11) is 1.82. The van der Waals surface area contributed by atoms with E-state index in [1.807, 2.05) is 14.0 Å². The molecule has 1 unspecified atom stereocenters. The number of aliphatic hydroxyl groups excluding tert-OH is 1. The summed E-state index contributed by atoms with van der Waals surface area (Å²) in [5, 5.41) is 16.5. The van der Waals surface area contributed by atoms with Crippen LogP contribution >= 0.6 is 0 Å². The number of hydrogen-bond donors (Lipinski definition) is 2. The highest BCUT2D eigenvalue weighted by atomic mass is 16.3. The molecule has 0 saturated heterocycles. The van der Waals surface area contributed by atoms with Gasteiger partial charge in [0.1, 0.15) is 12.2 Å². The second kappa shape index (κ2) is 4.94. The summed E-state index contributed by atoms with van der Waals surface area (Å²) < 4.78 is 1.68. The van der Waals surface area contributed by atoms with Crippen LogP contribution in [0.25, 0.3) is 0 Å². The van der Waals surface area contributed by atoms with Gasteiger partial charge in [-0.1, -0.05) is 6.92 Å². The average molecular weight is 184 g/mol. The average Bonchev–Trinajstić information content (AvgIpc) is 2.48. The van der Waals surface area contributed by atoms with E-state index in [1.165, 1.54) is 6.33 Å². The lowest BCUT2D eigenvalue weighted by Gasteiger charge is -2.09. The Morgan fingerprint density at radius 2 is 2.46 bits per heavy atom. The molecule has 0 fully saturated rings. The van der Waals surface area contributed by atoms with Crippen LogP contribution in [0.15, 0.2) is 6.33 Å². The van der Waals surface area contributed by atoms with Crippen molar-refractivity contribution in [3.8, 4) is 0 Å². The van der Waals surface area contributed by atoms with Crippen LogP contribution in [0.3, 0.4) is 0 Å². The van der Waals surface area contributed by atoms with E-state index in [0.29, 0.717) is 13.0 Å². The first-order valence-corrected chi connectivity index (χ1v) is 4.45. The van der Waals surface area contributed by atoms with Gasteiger partial charge in [0.05, 0.1) is 6.10 Å². The van der Waals surface area contributed by atoms with Crippen LogP contribution in [0.1, 0.15) is 12.7 Å². The Morgan fingerprint density at radius 3 is 3.00 bits per heavy atom. The van der Waals surface area contributed by atoms with Crippen molar-refractivity contribution in [2.45, 2.75) is 19.4 Å². The van der Waals surface area contributed by atoms with E-state index in [9.17, 15) is 5.11 Å². The molecule has 74 valence electrons. The number of hydrogen-bond acceptors (Lipinski definition) is 4. The molecule has 13 heavy (non-hydrogen) atoms. The van der Waals surface area contributed by atoms with Gasteiger partial charge in [-0.05, 0) is 6.54 Å². The number of aromatic nitrogens is 3. The second-order valence-electron chi connectivity index (χ2n) is 2.97. The van der Waals surface area contributed by atoms with Gasteiger partial charge >= 0.3 is 0 Å². The molecule has 0 aromatic carbocycles. The Hall–Kier alpha value is -0.940. The molecule has 2 N–H and O–H groups in total. The molecule has 5 heteroatoms. The maximum absolute atomic E-state index is 9.53. The fraction of sp³-hybridized carbons (Fsp3) is 0.750. The number of aryl methyl sites for hydroxylation is 1. The predicted octanol–water partition coefficient (Wildman–Crippen LogP) is -0.672. The summed E-state index contributed by atoms with van der Waals surface area (Å²) in [5.74, 6) is 0.811. The normalized spacial score (nSPS) is 13.2. The van der Waals surface area contributed by atoms with Gasteiger partial charge in [0, 0.05) is 20.0 Å². The molecule has 0 aliphatic rings. The molecule has 0 amide bonds. The van der Waals surface area contributed by atoms with Crippen molar-refractivity contribution in [1.82, 2.24) is 20.1 Å². The molecule has 1 aromatic rings. The van der Waals surface area contributed by atoms with Gasteiger partial charge in [-0.2, -0.15) is 5.10 Å². The minimum absolute atomic E-state index is 0.386. The zero-order valence-electron chi connectivity index (χ0n) is 8.06. The fourth-order valence-corrected chi connectivity index (χ4v) is 1.10. The first kappa shape index (κ1) is 10.1. The maximum Gasteiger partial charge on any atom is 0.138 e. The molecular weight excluding hydrogens is 168 g/mol. The molecule has 0 spiro atoms. The molecular formula is C8H16N4O. The summed E-state index contributed by atoms with van der Waals surface area (Å²) in [6.45, 7) is 3.48. The van der Waals surface area contributed by atoms with Crippen LogP contribution in [-0.2, 0) is 13.5 Å². The smallest absolute Gasteiger partial charge is 0.138 e. The molecule has 1 atom stereocenters. The van der Waals surface area contributed by atoms with Crippen molar-refractivity contribution < 1.29 is 5.11 Å². The zero-order chi connectivity index (χ0) is 9.68. The Bertz CT molecular complexity index is 248. The Labute approximate surface area is 77.8 Å². The SMILES string of the molecule is CCNCC(O)Cc1ncnn1C. The van der Waals surface area contributed by atoms with E-state index >= 15 is 0 Å². The molecule has 0 aliphatic heterocycles. The first-order valence-electron chi connectivity index (χ1n) is 4.45. The molecule has 1 rings (SSSR count). The van der Waals surface area contributed by atoms with E-state index < -0.39 is 0 Å². The Kier molecular flexibility index (Phi) is 3.85. The fourth-order valence-electron chi connectivity index (χ4n) is 1.10. The minimum atomic E-state index is -0.386. The van der Waals surface area contributed by atoms with E-state index in [0.717, 1.165) is 12.4 Å². The highest BCUT2D eigenvalue weighted by Gasteiger charge is 2.08. The predicted molar refractivity (Wildman–Crippen MR) is 49.3 cm³/mol. The lowest BCUT2D eigenvalue weighted by molar-refractivity contribution is 0.169. The Balaban J connectivity index is 2.36. The summed E-state index contributed by atoms with van der Waals surface area (Å²) in [6, 6.07) is 0. The summed E-state index contributed by atoms with van der Waals surface area (Å²) in [5.41, 5.74) is 0.